The van der Waals surface area contributed by atoms with E-state index in [9.17, 15) is 9.90 Å². The summed E-state index contributed by atoms with van der Waals surface area (Å²) < 4.78 is 4.99. The number of methoxy groups -OCH3 is 1. The van der Waals surface area contributed by atoms with Crippen molar-refractivity contribution in [2.24, 2.45) is 0 Å². The van der Waals surface area contributed by atoms with Crippen molar-refractivity contribution in [1.29, 1.82) is 5.26 Å². The third-order valence-corrected chi connectivity index (χ3v) is 3.35. The van der Waals surface area contributed by atoms with Crippen molar-refractivity contribution in [1.82, 2.24) is 0 Å². The second-order valence-corrected chi connectivity index (χ2v) is 4.72. The van der Waals surface area contributed by atoms with E-state index < -0.39 is 0 Å². The number of carbonyl (C=O) groups is 1. The summed E-state index contributed by atoms with van der Waals surface area (Å²) in [6.45, 7) is 0. The number of allylic oxidation sites excluding steroid dienone is 1. The molecule has 1 N–H and O–H groups in total. The highest BCUT2D eigenvalue weighted by molar-refractivity contribution is 7.08. The third-order valence-electron chi connectivity index (χ3n) is 2.66. The largest absolute Gasteiger partial charge is 0.504 e. The van der Waals surface area contributed by atoms with Gasteiger partial charge in [-0.05, 0) is 35.2 Å². The molecule has 0 bridgehead atoms. The van der Waals surface area contributed by atoms with E-state index in [-0.39, 0.29) is 17.1 Å². The maximum atomic E-state index is 12.1. The molecule has 0 atom stereocenters. The number of phenols is 1. The monoisotopic (exact) mass is 285 g/mol. The molecule has 5 heteroatoms. The zero-order chi connectivity index (χ0) is 14.5. The summed E-state index contributed by atoms with van der Waals surface area (Å²) in [5, 5.41) is 22.1. The topological polar surface area (TPSA) is 70.3 Å². The minimum Gasteiger partial charge on any atom is -0.504 e. The number of nitrogens with zero attached hydrogens (tertiary/aromatic N) is 1. The van der Waals surface area contributed by atoms with Crippen molar-refractivity contribution in [3.8, 4) is 17.6 Å². The Bertz CT molecular complexity index is 696. The van der Waals surface area contributed by atoms with E-state index >= 15 is 0 Å². The van der Waals surface area contributed by atoms with Crippen LogP contribution in [0.2, 0.25) is 0 Å². The highest BCUT2D eigenvalue weighted by atomic mass is 32.1. The molecule has 1 aromatic heterocycles. The molecule has 1 heterocycles. The van der Waals surface area contributed by atoms with Crippen LogP contribution in [0.25, 0.3) is 6.08 Å². The Balaban J connectivity index is 2.37. The highest BCUT2D eigenvalue weighted by Crippen LogP contribution is 2.27. The first-order valence-electron chi connectivity index (χ1n) is 5.71. The lowest BCUT2D eigenvalue weighted by Crippen LogP contribution is -1.99. The minimum atomic E-state index is -0.319. The van der Waals surface area contributed by atoms with E-state index in [0.29, 0.717) is 16.9 Å². The predicted molar refractivity (Wildman–Crippen MR) is 76.9 cm³/mol. The Labute approximate surface area is 120 Å². The Hall–Kier alpha value is -2.58. The van der Waals surface area contributed by atoms with Gasteiger partial charge in [-0.1, -0.05) is 6.07 Å². The van der Waals surface area contributed by atoms with Crippen LogP contribution >= 0.6 is 11.3 Å². The third kappa shape index (κ3) is 2.87. The van der Waals surface area contributed by atoms with E-state index in [1.54, 1.807) is 29.0 Å². The Morgan fingerprint density at radius 2 is 2.25 bits per heavy atom. The standard InChI is InChI=1S/C15H11NO3S/c1-19-14-7-10(2-3-13(14)17)6-12(8-16)15(18)11-4-5-20-9-11/h2-7,9,17H,1H3. The highest BCUT2D eigenvalue weighted by Gasteiger charge is 2.12. The number of aromatic hydroxyl groups is 1. The summed E-state index contributed by atoms with van der Waals surface area (Å²) in [7, 11) is 1.43. The molecule has 100 valence electrons. The molecule has 0 unspecified atom stereocenters. The van der Waals surface area contributed by atoms with Gasteiger partial charge in [0.2, 0.25) is 5.78 Å². The molecule has 0 aliphatic carbocycles. The van der Waals surface area contributed by atoms with Gasteiger partial charge >= 0.3 is 0 Å². The molecule has 0 saturated carbocycles. The molecule has 1 aromatic carbocycles. The minimum absolute atomic E-state index is 0.00678. The Morgan fingerprint density at radius 3 is 2.85 bits per heavy atom. The van der Waals surface area contributed by atoms with Gasteiger partial charge in [-0.2, -0.15) is 16.6 Å². The first kappa shape index (κ1) is 13.8. The number of carbonyl (C=O) groups excluding carboxylic acids is 1. The van der Waals surface area contributed by atoms with Gasteiger partial charge in [0.15, 0.2) is 11.5 Å². The summed E-state index contributed by atoms with van der Waals surface area (Å²) in [5.41, 5.74) is 1.14. The summed E-state index contributed by atoms with van der Waals surface area (Å²) in [6.07, 6.45) is 1.47. The molecule has 2 rings (SSSR count). The smallest absolute Gasteiger partial charge is 0.204 e. The van der Waals surface area contributed by atoms with E-state index in [4.69, 9.17) is 10.00 Å². The lowest BCUT2D eigenvalue weighted by atomic mass is 10.0. The van der Waals surface area contributed by atoms with Crippen LogP contribution in [0, 0.1) is 11.3 Å². The van der Waals surface area contributed by atoms with Gasteiger partial charge in [0.05, 0.1) is 7.11 Å². The van der Waals surface area contributed by atoms with E-state index in [1.165, 1.54) is 30.6 Å². The molecule has 0 radical (unpaired) electrons. The Kier molecular flexibility index (Phi) is 4.18. The van der Waals surface area contributed by atoms with Crippen LogP contribution in [0.3, 0.4) is 0 Å². The van der Waals surface area contributed by atoms with Crippen LogP contribution < -0.4 is 4.74 Å². The molecule has 0 saturated heterocycles. The number of benzene rings is 1. The molecule has 0 spiro atoms. The number of rotatable bonds is 4. The number of ether oxygens (including phenoxy) is 1. The van der Waals surface area contributed by atoms with E-state index in [1.807, 2.05) is 6.07 Å². The molecule has 2 aromatic rings. The first-order chi connectivity index (χ1) is 9.65. The molecular weight excluding hydrogens is 274 g/mol. The van der Waals surface area contributed by atoms with Crippen LogP contribution in [0.5, 0.6) is 11.5 Å². The van der Waals surface area contributed by atoms with Gasteiger partial charge in [0.1, 0.15) is 11.6 Å². The quantitative estimate of drug-likeness (QED) is 0.532. The summed E-state index contributed by atoms with van der Waals surface area (Å²) >= 11 is 1.40. The van der Waals surface area contributed by atoms with Crippen molar-refractivity contribution >= 4 is 23.2 Å². The first-order valence-corrected chi connectivity index (χ1v) is 6.65. The van der Waals surface area contributed by atoms with Crippen LogP contribution in [-0.2, 0) is 0 Å². The normalized spacial score (nSPS) is 10.9. The fourth-order valence-electron chi connectivity index (χ4n) is 1.65. The zero-order valence-corrected chi connectivity index (χ0v) is 11.5. The molecule has 0 aliphatic rings. The fraction of sp³-hybridized carbons (Fsp3) is 0.0667. The number of phenolic OH excluding ortho intramolecular Hbond substituents is 1. The van der Waals surface area contributed by atoms with Crippen molar-refractivity contribution in [2.45, 2.75) is 0 Å². The van der Waals surface area contributed by atoms with Crippen molar-refractivity contribution in [3.05, 3.63) is 51.7 Å². The maximum Gasteiger partial charge on any atom is 0.204 e. The number of Topliss-reactive ketones (excluding diaryl/α,β-unsaturated/α-hetero) is 1. The van der Waals surface area contributed by atoms with Crippen LogP contribution in [0.15, 0.2) is 40.6 Å². The van der Waals surface area contributed by atoms with Gasteiger partial charge in [0, 0.05) is 10.9 Å². The van der Waals surface area contributed by atoms with Crippen LogP contribution in [0.4, 0.5) is 0 Å². The lowest BCUT2D eigenvalue weighted by molar-refractivity contribution is 0.104. The maximum absolute atomic E-state index is 12.1. The van der Waals surface area contributed by atoms with Gasteiger partial charge < -0.3 is 9.84 Å². The second kappa shape index (κ2) is 6.04. The molecule has 4 nitrogen and oxygen atoms in total. The number of ketones is 1. The molecule has 0 amide bonds. The molecule has 0 fully saturated rings. The SMILES string of the molecule is COc1cc(C=C(C#N)C(=O)c2ccsc2)ccc1O. The van der Waals surface area contributed by atoms with Crippen molar-refractivity contribution in [2.75, 3.05) is 7.11 Å². The average Bonchev–Trinajstić information content (AvgIpc) is 2.99. The second-order valence-electron chi connectivity index (χ2n) is 3.94. The lowest BCUT2D eigenvalue weighted by Gasteiger charge is -2.04. The summed E-state index contributed by atoms with van der Waals surface area (Å²) in [6, 6.07) is 8.20. The van der Waals surface area contributed by atoms with Gasteiger partial charge in [-0.25, -0.2) is 0 Å². The van der Waals surface area contributed by atoms with Crippen LogP contribution in [-0.4, -0.2) is 18.0 Å². The summed E-state index contributed by atoms with van der Waals surface area (Å²) in [5.74, 6) is -0.0212. The zero-order valence-electron chi connectivity index (χ0n) is 10.7. The van der Waals surface area contributed by atoms with Crippen LogP contribution in [0.1, 0.15) is 15.9 Å². The van der Waals surface area contributed by atoms with Gasteiger partial charge in [-0.15, -0.1) is 0 Å². The Morgan fingerprint density at radius 1 is 1.45 bits per heavy atom. The van der Waals surface area contributed by atoms with E-state index in [2.05, 4.69) is 0 Å². The molecular formula is C15H11NO3S. The number of hydrogen-bond donors (Lipinski definition) is 1. The van der Waals surface area contributed by atoms with Gasteiger partial charge in [0.25, 0.3) is 0 Å². The number of hydrogen-bond acceptors (Lipinski definition) is 5. The van der Waals surface area contributed by atoms with Crippen molar-refractivity contribution < 1.29 is 14.6 Å². The van der Waals surface area contributed by atoms with Gasteiger partial charge in [-0.3, -0.25) is 4.79 Å². The average molecular weight is 285 g/mol. The van der Waals surface area contributed by atoms with Crippen molar-refractivity contribution in [3.63, 3.8) is 0 Å². The number of nitriles is 1. The predicted octanol–water partition coefficient (Wildman–Crippen LogP) is 3.25. The molecule has 20 heavy (non-hydrogen) atoms. The fourth-order valence-corrected chi connectivity index (χ4v) is 2.28. The number of thiophene rings is 1. The molecule has 0 aliphatic heterocycles. The summed E-state index contributed by atoms with van der Waals surface area (Å²) in [4.78, 5) is 12.1. The van der Waals surface area contributed by atoms with E-state index in [0.717, 1.165) is 0 Å².